The maximum Gasteiger partial charge on any atom is 0.220 e. The third kappa shape index (κ3) is 2.85. The molecule has 0 amide bonds. The minimum absolute atomic E-state index is 0.318. The number of hydrogen-bond acceptors (Lipinski definition) is 4. The molecule has 0 aliphatic carbocycles. The summed E-state index contributed by atoms with van der Waals surface area (Å²) in [5.74, 6) is 0.318. The number of likely N-dealkylation sites (tertiary alicyclic amines) is 1. The van der Waals surface area contributed by atoms with Crippen LogP contribution in [-0.2, 0) is 6.54 Å². The van der Waals surface area contributed by atoms with Crippen LogP contribution in [0.15, 0.2) is 48.7 Å². The zero-order valence-electron chi connectivity index (χ0n) is 13.9. The van der Waals surface area contributed by atoms with Crippen LogP contribution in [-0.4, -0.2) is 27.5 Å². The van der Waals surface area contributed by atoms with Crippen molar-refractivity contribution in [2.24, 2.45) is 0 Å². The van der Waals surface area contributed by atoms with E-state index >= 15 is 0 Å². The first-order chi connectivity index (χ1) is 11.7. The van der Waals surface area contributed by atoms with Crippen molar-refractivity contribution in [1.29, 1.82) is 0 Å². The summed E-state index contributed by atoms with van der Waals surface area (Å²) in [5.41, 5.74) is 10.4. The quantitative estimate of drug-likeness (QED) is 0.796. The maximum absolute atomic E-state index is 5.67. The SMILES string of the molecule is CC1CCCN1Cc1ccccc1-c1ccc2nc(N)ncc2c1. The van der Waals surface area contributed by atoms with Gasteiger partial charge in [0.05, 0.1) is 5.52 Å². The number of rotatable bonds is 3. The highest BCUT2D eigenvalue weighted by molar-refractivity contribution is 5.85. The molecule has 0 bridgehead atoms. The molecule has 1 fully saturated rings. The molecule has 1 saturated heterocycles. The Morgan fingerprint density at radius 1 is 1.21 bits per heavy atom. The van der Waals surface area contributed by atoms with E-state index in [4.69, 9.17) is 5.73 Å². The molecule has 0 radical (unpaired) electrons. The summed E-state index contributed by atoms with van der Waals surface area (Å²) >= 11 is 0. The number of nitrogen functional groups attached to an aromatic ring is 1. The third-order valence-corrected chi connectivity index (χ3v) is 4.99. The molecule has 1 atom stereocenters. The van der Waals surface area contributed by atoms with E-state index in [0.717, 1.165) is 17.4 Å². The van der Waals surface area contributed by atoms with Gasteiger partial charge in [0.2, 0.25) is 5.95 Å². The van der Waals surface area contributed by atoms with Gasteiger partial charge in [-0.3, -0.25) is 4.90 Å². The molecule has 2 heterocycles. The van der Waals surface area contributed by atoms with Crippen molar-refractivity contribution >= 4 is 16.9 Å². The number of hydrogen-bond donors (Lipinski definition) is 1. The Morgan fingerprint density at radius 2 is 2.08 bits per heavy atom. The van der Waals surface area contributed by atoms with Gasteiger partial charge < -0.3 is 5.73 Å². The highest BCUT2D eigenvalue weighted by atomic mass is 15.2. The molecule has 122 valence electrons. The maximum atomic E-state index is 5.67. The fourth-order valence-corrected chi connectivity index (χ4v) is 3.60. The first kappa shape index (κ1) is 15.1. The second-order valence-corrected chi connectivity index (χ2v) is 6.62. The van der Waals surface area contributed by atoms with Gasteiger partial charge in [0.25, 0.3) is 0 Å². The molecule has 3 aromatic rings. The molecular weight excluding hydrogens is 296 g/mol. The van der Waals surface area contributed by atoms with Crippen LogP contribution >= 0.6 is 0 Å². The van der Waals surface area contributed by atoms with Gasteiger partial charge in [-0.1, -0.05) is 30.3 Å². The minimum Gasteiger partial charge on any atom is -0.368 e. The van der Waals surface area contributed by atoms with Crippen molar-refractivity contribution in [3.05, 3.63) is 54.2 Å². The largest absolute Gasteiger partial charge is 0.368 e. The Bertz CT molecular complexity index is 874. The molecule has 4 rings (SSSR count). The van der Waals surface area contributed by atoms with Gasteiger partial charge >= 0.3 is 0 Å². The lowest BCUT2D eigenvalue weighted by molar-refractivity contribution is 0.261. The van der Waals surface area contributed by atoms with Crippen LogP contribution in [0.4, 0.5) is 5.95 Å². The molecule has 24 heavy (non-hydrogen) atoms. The van der Waals surface area contributed by atoms with Gasteiger partial charge in [0.1, 0.15) is 0 Å². The molecule has 1 aliphatic heterocycles. The highest BCUT2D eigenvalue weighted by Gasteiger charge is 2.21. The molecule has 1 aromatic heterocycles. The number of anilines is 1. The van der Waals surface area contributed by atoms with Crippen molar-refractivity contribution in [3.63, 3.8) is 0 Å². The fraction of sp³-hybridized carbons (Fsp3) is 0.300. The van der Waals surface area contributed by atoms with Gasteiger partial charge in [0, 0.05) is 24.2 Å². The Morgan fingerprint density at radius 3 is 2.92 bits per heavy atom. The van der Waals surface area contributed by atoms with Gasteiger partial charge in [-0.2, -0.15) is 0 Å². The monoisotopic (exact) mass is 318 g/mol. The molecule has 1 unspecified atom stereocenters. The van der Waals surface area contributed by atoms with Crippen LogP contribution < -0.4 is 5.73 Å². The third-order valence-electron chi connectivity index (χ3n) is 4.99. The molecule has 2 aromatic carbocycles. The second-order valence-electron chi connectivity index (χ2n) is 6.62. The van der Waals surface area contributed by atoms with E-state index in [-0.39, 0.29) is 0 Å². The zero-order chi connectivity index (χ0) is 16.5. The molecular formula is C20H22N4. The van der Waals surface area contributed by atoms with Gasteiger partial charge in [-0.25, -0.2) is 9.97 Å². The van der Waals surface area contributed by atoms with E-state index in [2.05, 4.69) is 58.2 Å². The lowest BCUT2D eigenvalue weighted by Crippen LogP contribution is -2.26. The number of fused-ring (bicyclic) bond motifs is 1. The van der Waals surface area contributed by atoms with Crippen molar-refractivity contribution in [2.45, 2.75) is 32.4 Å². The lowest BCUT2D eigenvalue weighted by Gasteiger charge is -2.22. The number of nitrogens with two attached hydrogens (primary N) is 1. The Balaban J connectivity index is 1.72. The van der Waals surface area contributed by atoms with Gasteiger partial charge in [-0.05, 0) is 55.1 Å². The van der Waals surface area contributed by atoms with Crippen molar-refractivity contribution in [2.75, 3.05) is 12.3 Å². The summed E-state index contributed by atoms with van der Waals surface area (Å²) in [6, 6.07) is 15.7. The van der Waals surface area contributed by atoms with E-state index in [1.54, 1.807) is 6.20 Å². The fourth-order valence-electron chi connectivity index (χ4n) is 3.60. The van der Waals surface area contributed by atoms with Gasteiger partial charge in [0.15, 0.2) is 0 Å². The minimum atomic E-state index is 0.318. The van der Waals surface area contributed by atoms with Crippen LogP contribution in [0.1, 0.15) is 25.3 Å². The summed E-state index contributed by atoms with van der Waals surface area (Å²) in [4.78, 5) is 11.0. The van der Waals surface area contributed by atoms with Gasteiger partial charge in [-0.15, -0.1) is 0 Å². The van der Waals surface area contributed by atoms with E-state index < -0.39 is 0 Å². The first-order valence-corrected chi connectivity index (χ1v) is 8.55. The predicted octanol–water partition coefficient (Wildman–Crippen LogP) is 3.86. The summed E-state index contributed by atoms with van der Waals surface area (Å²) in [6.07, 6.45) is 4.40. The van der Waals surface area contributed by atoms with Crippen molar-refractivity contribution < 1.29 is 0 Å². The van der Waals surface area contributed by atoms with Crippen molar-refractivity contribution in [1.82, 2.24) is 14.9 Å². The molecule has 4 heteroatoms. The van der Waals surface area contributed by atoms with Crippen molar-refractivity contribution in [3.8, 4) is 11.1 Å². The molecule has 1 aliphatic rings. The number of aromatic nitrogens is 2. The number of benzene rings is 2. The smallest absolute Gasteiger partial charge is 0.220 e. The predicted molar refractivity (Wildman–Crippen MR) is 98.5 cm³/mol. The van der Waals surface area contributed by atoms with Crippen LogP contribution in [0.2, 0.25) is 0 Å². The first-order valence-electron chi connectivity index (χ1n) is 8.55. The summed E-state index contributed by atoms with van der Waals surface area (Å²) in [5, 5.41) is 1.02. The molecule has 4 nitrogen and oxygen atoms in total. The van der Waals surface area contributed by atoms with E-state index in [0.29, 0.717) is 12.0 Å². The topological polar surface area (TPSA) is 55.0 Å². The standard InChI is InChI=1S/C20H22N4/c1-14-5-4-10-24(14)13-16-6-2-3-7-18(16)15-8-9-19-17(11-15)12-22-20(21)23-19/h2-3,6-9,11-12,14H,4-5,10,13H2,1H3,(H2,21,22,23). The van der Waals surface area contributed by atoms with E-state index in [1.165, 1.54) is 36.1 Å². The van der Waals surface area contributed by atoms with Crippen LogP contribution in [0, 0.1) is 0 Å². The average molecular weight is 318 g/mol. The zero-order valence-corrected chi connectivity index (χ0v) is 13.9. The van der Waals surface area contributed by atoms with Crippen LogP contribution in [0.5, 0.6) is 0 Å². The lowest BCUT2D eigenvalue weighted by atomic mass is 9.98. The molecule has 0 saturated carbocycles. The molecule has 2 N–H and O–H groups in total. The second kappa shape index (κ2) is 6.21. The van der Waals surface area contributed by atoms with Crippen LogP contribution in [0.3, 0.4) is 0 Å². The number of nitrogens with zero attached hydrogens (tertiary/aromatic N) is 3. The van der Waals surface area contributed by atoms with E-state index in [1.807, 2.05) is 6.07 Å². The highest BCUT2D eigenvalue weighted by Crippen LogP contribution is 2.29. The average Bonchev–Trinajstić information content (AvgIpc) is 3.00. The van der Waals surface area contributed by atoms with E-state index in [9.17, 15) is 0 Å². The van der Waals surface area contributed by atoms with Crippen LogP contribution in [0.25, 0.3) is 22.0 Å². The normalized spacial score (nSPS) is 18.3. The summed E-state index contributed by atoms with van der Waals surface area (Å²) < 4.78 is 0. The summed E-state index contributed by atoms with van der Waals surface area (Å²) in [7, 11) is 0. The Hall–Kier alpha value is -2.46. The molecule has 0 spiro atoms. The summed E-state index contributed by atoms with van der Waals surface area (Å²) in [6.45, 7) is 4.53. The Labute approximate surface area is 142 Å². The Kier molecular flexibility index (Phi) is 3.90.